The van der Waals surface area contributed by atoms with Crippen molar-refractivity contribution in [1.29, 1.82) is 0 Å². The second-order valence-corrected chi connectivity index (χ2v) is 8.76. The van der Waals surface area contributed by atoms with Crippen LogP contribution in [-0.4, -0.2) is 49.0 Å². The average molecular weight is 419 g/mol. The van der Waals surface area contributed by atoms with Crippen LogP contribution in [0, 0.1) is 11.8 Å². The summed E-state index contributed by atoms with van der Waals surface area (Å²) in [7, 11) is 0. The normalized spacial score (nSPS) is 16.7. The molecule has 1 amide bonds. The lowest BCUT2D eigenvalue weighted by Crippen LogP contribution is -2.50. The highest BCUT2D eigenvalue weighted by Crippen LogP contribution is 2.15. The molecule has 1 unspecified atom stereocenters. The molecule has 1 aliphatic rings. The minimum Gasteiger partial charge on any atom is -0.469 e. The van der Waals surface area contributed by atoms with Gasteiger partial charge in [0.2, 0.25) is 5.91 Å². The van der Waals surface area contributed by atoms with Crippen LogP contribution >= 0.6 is 0 Å². The van der Waals surface area contributed by atoms with E-state index in [1.807, 2.05) is 30.9 Å². The Morgan fingerprint density at radius 1 is 1.30 bits per heavy atom. The zero-order chi connectivity index (χ0) is 21.8. The van der Waals surface area contributed by atoms with E-state index in [2.05, 4.69) is 24.5 Å². The fourth-order valence-electron chi connectivity index (χ4n) is 3.85. The number of rotatable bonds is 11. The number of carbonyl (C=O) groups excluding carboxylic acids is 1. The first-order valence-electron chi connectivity index (χ1n) is 11.9. The van der Waals surface area contributed by atoms with Gasteiger partial charge >= 0.3 is 0 Å². The fourth-order valence-corrected chi connectivity index (χ4v) is 3.85. The van der Waals surface area contributed by atoms with E-state index in [4.69, 9.17) is 9.41 Å². The number of unbranched alkanes of at least 4 members (excludes halogenated alkanes) is 1. The third kappa shape index (κ3) is 8.41. The number of likely N-dealkylation sites (tertiary alicyclic amines) is 1. The second kappa shape index (κ2) is 13.3. The third-order valence-corrected chi connectivity index (χ3v) is 5.94. The number of nitrogens with one attached hydrogen (secondary N) is 2. The first-order chi connectivity index (χ1) is 14.5. The molecule has 0 aromatic carbocycles. The lowest BCUT2D eigenvalue weighted by Gasteiger charge is -2.34. The Balaban J connectivity index is 1.89. The van der Waals surface area contributed by atoms with Gasteiger partial charge in [0.15, 0.2) is 5.96 Å². The first kappa shape index (κ1) is 24.3. The Kier molecular flexibility index (Phi) is 10.8. The van der Waals surface area contributed by atoms with E-state index in [9.17, 15) is 4.79 Å². The summed E-state index contributed by atoms with van der Waals surface area (Å²) >= 11 is 0. The molecule has 2 rings (SSSR count). The van der Waals surface area contributed by atoms with Crippen LogP contribution in [-0.2, 0) is 11.2 Å². The van der Waals surface area contributed by atoms with Crippen molar-refractivity contribution in [3.8, 4) is 0 Å². The van der Waals surface area contributed by atoms with Crippen molar-refractivity contribution in [2.75, 3.05) is 26.2 Å². The Labute approximate surface area is 182 Å². The molecule has 30 heavy (non-hydrogen) atoms. The van der Waals surface area contributed by atoms with Crippen LogP contribution < -0.4 is 10.6 Å². The first-order valence-corrected chi connectivity index (χ1v) is 11.9. The number of amides is 1. The summed E-state index contributed by atoms with van der Waals surface area (Å²) in [4.78, 5) is 19.2. The maximum Gasteiger partial charge on any atom is 0.225 e. The second-order valence-electron chi connectivity index (χ2n) is 8.76. The van der Waals surface area contributed by atoms with Crippen LogP contribution in [0.2, 0.25) is 0 Å². The average Bonchev–Trinajstić information content (AvgIpc) is 3.27. The largest absolute Gasteiger partial charge is 0.469 e. The highest BCUT2D eigenvalue weighted by molar-refractivity contribution is 5.80. The summed E-state index contributed by atoms with van der Waals surface area (Å²) < 4.78 is 5.44. The van der Waals surface area contributed by atoms with E-state index in [0.29, 0.717) is 12.0 Å². The van der Waals surface area contributed by atoms with Crippen molar-refractivity contribution in [3.63, 3.8) is 0 Å². The zero-order valence-corrected chi connectivity index (χ0v) is 19.5. The fraction of sp³-hybridized carbons (Fsp3) is 0.750. The molecule has 0 spiro atoms. The van der Waals surface area contributed by atoms with Gasteiger partial charge in [-0.25, -0.2) is 0 Å². The number of nitrogens with zero attached hydrogens (tertiary/aromatic N) is 2. The summed E-state index contributed by atoms with van der Waals surface area (Å²) in [6.45, 7) is 11.7. The van der Waals surface area contributed by atoms with E-state index in [-0.39, 0.29) is 11.8 Å². The molecule has 0 aliphatic carbocycles. The molecule has 2 N–H and O–H groups in total. The number of piperidine rings is 1. The maximum atomic E-state index is 12.2. The Bertz CT molecular complexity index is 619. The SMILES string of the molecule is CCCCC(CC)CN=C(NCCc1ccco1)NC1CCN(C(=O)C(C)C)CC1. The molecular weight excluding hydrogens is 376 g/mol. The summed E-state index contributed by atoms with van der Waals surface area (Å²) in [6.07, 6.45) is 9.39. The zero-order valence-electron chi connectivity index (χ0n) is 19.5. The van der Waals surface area contributed by atoms with Crippen molar-refractivity contribution in [3.05, 3.63) is 24.2 Å². The molecule has 0 bridgehead atoms. The predicted molar refractivity (Wildman–Crippen MR) is 124 cm³/mol. The molecule has 6 nitrogen and oxygen atoms in total. The van der Waals surface area contributed by atoms with Crippen molar-refractivity contribution >= 4 is 11.9 Å². The van der Waals surface area contributed by atoms with Crippen LogP contribution in [0.15, 0.2) is 27.8 Å². The van der Waals surface area contributed by atoms with Crippen molar-refractivity contribution < 1.29 is 9.21 Å². The Morgan fingerprint density at radius 2 is 2.07 bits per heavy atom. The topological polar surface area (TPSA) is 69.9 Å². The van der Waals surface area contributed by atoms with Crippen LogP contribution in [0.3, 0.4) is 0 Å². The number of aliphatic imine (C=N–C) groups is 1. The van der Waals surface area contributed by atoms with E-state index in [1.54, 1.807) is 6.26 Å². The number of carbonyl (C=O) groups is 1. The molecule has 0 radical (unpaired) electrons. The van der Waals surface area contributed by atoms with Gasteiger partial charge in [-0.05, 0) is 37.3 Å². The van der Waals surface area contributed by atoms with Crippen LogP contribution in [0.1, 0.15) is 72.0 Å². The standard InChI is InChI=1S/C24H42N4O2/c1-5-7-9-20(6-2)18-26-24(25-14-11-22-10-8-17-30-22)27-21-12-15-28(16-13-21)23(29)19(3)4/h8,10,17,19-21H,5-7,9,11-16,18H2,1-4H3,(H2,25,26,27). The van der Waals surface area contributed by atoms with Gasteiger partial charge in [0.1, 0.15) is 5.76 Å². The lowest BCUT2D eigenvalue weighted by molar-refractivity contribution is -0.135. The number of furan rings is 1. The molecule has 2 heterocycles. The van der Waals surface area contributed by atoms with Crippen molar-refractivity contribution in [1.82, 2.24) is 15.5 Å². The van der Waals surface area contributed by atoms with E-state index in [0.717, 1.165) is 57.2 Å². The quantitative estimate of drug-likeness (QED) is 0.417. The van der Waals surface area contributed by atoms with Gasteiger partial charge in [0.05, 0.1) is 6.26 Å². The molecular formula is C24H42N4O2. The van der Waals surface area contributed by atoms with Gasteiger partial charge in [-0.2, -0.15) is 0 Å². The number of guanidine groups is 1. The van der Waals surface area contributed by atoms with Gasteiger partial charge in [0.25, 0.3) is 0 Å². The van der Waals surface area contributed by atoms with Crippen LogP contribution in [0.4, 0.5) is 0 Å². The number of hydrogen-bond donors (Lipinski definition) is 2. The molecule has 1 aromatic heterocycles. The monoisotopic (exact) mass is 418 g/mol. The summed E-state index contributed by atoms with van der Waals surface area (Å²) in [5, 5.41) is 7.12. The molecule has 0 saturated carbocycles. The van der Waals surface area contributed by atoms with Crippen molar-refractivity contribution in [2.24, 2.45) is 16.8 Å². The molecule has 1 aromatic rings. The Hall–Kier alpha value is -1.98. The van der Waals surface area contributed by atoms with E-state index < -0.39 is 0 Å². The molecule has 1 atom stereocenters. The molecule has 170 valence electrons. The highest BCUT2D eigenvalue weighted by atomic mass is 16.3. The highest BCUT2D eigenvalue weighted by Gasteiger charge is 2.24. The summed E-state index contributed by atoms with van der Waals surface area (Å²) in [6, 6.07) is 4.28. The van der Waals surface area contributed by atoms with Crippen molar-refractivity contribution in [2.45, 2.75) is 78.7 Å². The van der Waals surface area contributed by atoms with Gasteiger partial charge < -0.3 is 20.0 Å². The van der Waals surface area contributed by atoms with Crippen LogP contribution in [0.25, 0.3) is 0 Å². The van der Waals surface area contributed by atoms with Crippen LogP contribution in [0.5, 0.6) is 0 Å². The third-order valence-electron chi connectivity index (χ3n) is 5.94. The van der Waals surface area contributed by atoms with E-state index in [1.165, 1.54) is 25.7 Å². The Morgan fingerprint density at radius 3 is 2.67 bits per heavy atom. The molecule has 1 fully saturated rings. The van der Waals surface area contributed by atoms with E-state index >= 15 is 0 Å². The predicted octanol–water partition coefficient (Wildman–Crippen LogP) is 4.22. The van der Waals surface area contributed by atoms with Gasteiger partial charge in [-0.3, -0.25) is 9.79 Å². The lowest BCUT2D eigenvalue weighted by atomic mass is 10.00. The van der Waals surface area contributed by atoms with Gasteiger partial charge in [0, 0.05) is 44.6 Å². The minimum atomic E-state index is 0.0731. The minimum absolute atomic E-state index is 0.0731. The maximum absolute atomic E-state index is 12.2. The molecule has 1 aliphatic heterocycles. The molecule has 6 heteroatoms. The number of hydrogen-bond acceptors (Lipinski definition) is 3. The van der Waals surface area contributed by atoms with Gasteiger partial charge in [-0.1, -0.05) is 47.0 Å². The summed E-state index contributed by atoms with van der Waals surface area (Å²) in [5.41, 5.74) is 0. The smallest absolute Gasteiger partial charge is 0.225 e. The van der Waals surface area contributed by atoms with Gasteiger partial charge in [-0.15, -0.1) is 0 Å². The molecule has 1 saturated heterocycles. The summed E-state index contributed by atoms with van der Waals surface area (Å²) in [5.74, 6) is 2.85.